The lowest BCUT2D eigenvalue weighted by Gasteiger charge is -2.47. The summed E-state index contributed by atoms with van der Waals surface area (Å²) in [6.45, 7) is 7.51. The van der Waals surface area contributed by atoms with Crippen LogP contribution in [0.2, 0.25) is 0 Å². The first-order chi connectivity index (χ1) is 7.41. The Hall–Kier alpha value is -1.06. The van der Waals surface area contributed by atoms with E-state index >= 15 is 0 Å². The van der Waals surface area contributed by atoms with E-state index in [1.165, 1.54) is 0 Å². The van der Waals surface area contributed by atoms with Gasteiger partial charge in [0.05, 0.1) is 0 Å². The molecular weight excluding hydrogens is 204 g/mol. The van der Waals surface area contributed by atoms with Crippen LogP contribution in [0.15, 0.2) is 0 Å². The second-order valence-electron chi connectivity index (χ2n) is 5.66. The Morgan fingerprint density at radius 2 is 1.88 bits per heavy atom. The molecular formula is C12H20N2O2. The van der Waals surface area contributed by atoms with E-state index in [0.717, 1.165) is 12.8 Å². The molecule has 2 aliphatic heterocycles. The van der Waals surface area contributed by atoms with Crippen molar-refractivity contribution < 1.29 is 9.59 Å². The molecule has 2 aliphatic rings. The molecule has 1 unspecified atom stereocenters. The number of piperidine rings is 1. The first-order valence-electron chi connectivity index (χ1n) is 6.02. The predicted molar refractivity (Wildman–Crippen MR) is 60.8 cm³/mol. The molecule has 2 heterocycles. The van der Waals surface area contributed by atoms with Gasteiger partial charge in [-0.15, -0.1) is 0 Å². The fourth-order valence-corrected chi connectivity index (χ4v) is 2.62. The minimum Gasteiger partial charge on any atom is -0.334 e. The highest BCUT2D eigenvalue weighted by Gasteiger charge is 2.42. The number of hydrogen-bond donors (Lipinski definition) is 0. The number of carbonyl (C=O) groups is 2. The second kappa shape index (κ2) is 3.75. The van der Waals surface area contributed by atoms with Crippen LogP contribution in [0.25, 0.3) is 0 Å². The molecule has 2 amide bonds. The number of amides is 2. The van der Waals surface area contributed by atoms with Crippen LogP contribution in [0, 0.1) is 0 Å². The molecule has 0 radical (unpaired) electrons. The smallest absolute Gasteiger partial charge is 0.245 e. The largest absolute Gasteiger partial charge is 0.334 e. The molecule has 2 rings (SSSR count). The van der Waals surface area contributed by atoms with Crippen molar-refractivity contribution in [3.8, 4) is 0 Å². The Labute approximate surface area is 96.6 Å². The van der Waals surface area contributed by atoms with E-state index in [1.807, 2.05) is 25.7 Å². The van der Waals surface area contributed by atoms with Gasteiger partial charge in [0.15, 0.2) is 0 Å². The maximum atomic E-state index is 12.3. The second-order valence-corrected chi connectivity index (χ2v) is 5.66. The summed E-state index contributed by atoms with van der Waals surface area (Å²) in [4.78, 5) is 27.7. The van der Waals surface area contributed by atoms with Gasteiger partial charge < -0.3 is 9.80 Å². The van der Waals surface area contributed by atoms with Gasteiger partial charge in [-0.05, 0) is 33.6 Å². The number of carbonyl (C=O) groups excluding carboxylic acids is 2. The van der Waals surface area contributed by atoms with E-state index in [1.54, 1.807) is 4.90 Å². The summed E-state index contributed by atoms with van der Waals surface area (Å²) >= 11 is 0. The van der Waals surface area contributed by atoms with E-state index in [4.69, 9.17) is 0 Å². The summed E-state index contributed by atoms with van der Waals surface area (Å²) in [6, 6.07) is -0.186. The molecule has 16 heavy (non-hydrogen) atoms. The number of fused-ring (bicyclic) bond motifs is 1. The molecule has 2 saturated heterocycles. The highest BCUT2D eigenvalue weighted by molar-refractivity contribution is 5.90. The third-order valence-corrected chi connectivity index (χ3v) is 3.49. The zero-order valence-electron chi connectivity index (χ0n) is 10.3. The van der Waals surface area contributed by atoms with Crippen LogP contribution in [0.5, 0.6) is 0 Å². The van der Waals surface area contributed by atoms with E-state index in [9.17, 15) is 9.59 Å². The molecule has 2 fully saturated rings. The van der Waals surface area contributed by atoms with Crippen LogP contribution in [-0.4, -0.2) is 46.3 Å². The van der Waals surface area contributed by atoms with Crippen LogP contribution >= 0.6 is 0 Å². The highest BCUT2D eigenvalue weighted by Crippen LogP contribution is 2.27. The lowest BCUT2D eigenvalue weighted by atomic mass is 9.95. The van der Waals surface area contributed by atoms with Crippen LogP contribution in [0.3, 0.4) is 0 Å². The SMILES string of the molecule is CC(C)(C)N1CCN2C(=O)CCCC2C1=O. The van der Waals surface area contributed by atoms with Crippen molar-refractivity contribution in [1.82, 2.24) is 9.80 Å². The normalized spacial score (nSPS) is 27.1. The van der Waals surface area contributed by atoms with Gasteiger partial charge >= 0.3 is 0 Å². The number of hydrogen-bond acceptors (Lipinski definition) is 2. The quantitative estimate of drug-likeness (QED) is 0.616. The Bertz CT molecular complexity index is 319. The number of rotatable bonds is 0. The van der Waals surface area contributed by atoms with E-state index < -0.39 is 0 Å². The lowest BCUT2D eigenvalue weighted by molar-refractivity contribution is -0.158. The van der Waals surface area contributed by atoms with E-state index in [0.29, 0.717) is 19.5 Å². The molecule has 0 aromatic carbocycles. The van der Waals surface area contributed by atoms with Crippen molar-refractivity contribution in [2.45, 2.75) is 51.6 Å². The van der Waals surface area contributed by atoms with Gasteiger partial charge in [0.25, 0.3) is 0 Å². The van der Waals surface area contributed by atoms with Gasteiger partial charge in [-0.1, -0.05) is 0 Å². The van der Waals surface area contributed by atoms with Crippen molar-refractivity contribution in [2.24, 2.45) is 0 Å². The minimum absolute atomic E-state index is 0.131. The van der Waals surface area contributed by atoms with Gasteiger partial charge in [0.2, 0.25) is 11.8 Å². The van der Waals surface area contributed by atoms with Crippen LogP contribution < -0.4 is 0 Å². The molecule has 0 aromatic heterocycles. The lowest BCUT2D eigenvalue weighted by Crippen LogP contribution is -2.63. The molecule has 0 spiro atoms. The van der Waals surface area contributed by atoms with Crippen molar-refractivity contribution in [3.63, 3.8) is 0 Å². The molecule has 0 N–H and O–H groups in total. The summed E-state index contributed by atoms with van der Waals surface area (Å²) < 4.78 is 0. The zero-order valence-corrected chi connectivity index (χ0v) is 10.3. The van der Waals surface area contributed by atoms with Gasteiger partial charge in [0.1, 0.15) is 6.04 Å². The van der Waals surface area contributed by atoms with Crippen LogP contribution in [0.4, 0.5) is 0 Å². The van der Waals surface area contributed by atoms with Gasteiger partial charge in [0, 0.05) is 25.0 Å². The van der Waals surface area contributed by atoms with Crippen LogP contribution in [-0.2, 0) is 9.59 Å². The van der Waals surface area contributed by atoms with Crippen molar-refractivity contribution in [3.05, 3.63) is 0 Å². The summed E-state index contributed by atoms with van der Waals surface area (Å²) in [5, 5.41) is 0. The van der Waals surface area contributed by atoms with Crippen molar-refractivity contribution in [2.75, 3.05) is 13.1 Å². The third-order valence-electron chi connectivity index (χ3n) is 3.49. The summed E-state index contributed by atoms with van der Waals surface area (Å²) in [7, 11) is 0. The number of nitrogens with zero attached hydrogens (tertiary/aromatic N) is 2. The maximum absolute atomic E-state index is 12.3. The maximum Gasteiger partial charge on any atom is 0.245 e. The van der Waals surface area contributed by atoms with Gasteiger partial charge in [-0.25, -0.2) is 0 Å². The topological polar surface area (TPSA) is 40.6 Å². The Kier molecular flexibility index (Phi) is 2.68. The summed E-state index contributed by atoms with van der Waals surface area (Å²) in [5.41, 5.74) is -0.135. The summed E-state index contributed by atoms with van der Waals surface area (Å²) in [5.74, 6) is 0.282. The van der Waals surface area contributed by atoms with Gasteiger partial charge in [-0.2, -0.15) is 0 Å². The Morgan fingerprint density at radius 3 is 2.50 bits per heavy atom. The Balaban J connectivity index is 2.18. The average molecular weight is 224 g/mol. The Morgan fingerprint density at radius 1 is 1.19 bits per heavy atom. The third kappa shape index (κ3) is 1.81. The molecule has 0 aliphatic carbocycles. The average Bonchev–Trinajstić information content (AvgIpc) is 2.18. The van der Waals surface area contributed by atoms with E-state index in [2.05, 4.69) is 0 Å². The van der Waals surface area contributed by atoms with E-state index in [-0.39, 0.29) is 23.4 Å². The molecule has 4 heteroatoms. The molecule has 90 valence electrons. The molecule has 0 saturated carbocycles. The van der Waals surface area contributed by atoms with Crippen molar-refractivity contribution >= 4 is 11.8 Å². The first kappa shape index (κ1) is 11.4. The summed E-state index contributed by atoms with van der Waals surface area (Å²) in [6.07, 6.45) is 2.29. The fourth-order valence-electron chi connectivity index (χ4n) is 2.62. The van der Waals surface area contributed by atoms with Gasteiger partial charge in [-0.3, -0.25) is 9.59 Å². The molecule has 0 aromatic rings. The monoisotopic (exact) mass is 224 g/mol. The molecule has 1 atom stereocenters. The predicted octanol–water partition coefficient (Wildman–Crippen LogP) is 1.01. The van der Waals surface area contributed by atoms with Crippen molar-refractivity contribution in [1.29, 1.82) is 0 Å². The zero-order chi connectivity index (χ0) is 11.9. The minimum atomic E-state index is -0.186. The fraction of sp³-hybridized carbons (Fsp3) is 0.833. The molecule has 0 bridgehead atoms. The standard InChI is InChI=1S/C12H20N2O2/c1-12(2,3)14-8-7-13-9(11(14)16)5-4-6-10(13)15/h9H,4-8H2,1-3H3. The highest BCUT2D eigenvalue weighted by atomic mass is 16.2. The number of piperazine rings is 1. The molecule has 4 nitrogen and oxygen atoms in total. The van der Waals surface area contributed by atoms with Crippen LogP contribution in [0.1, 0.15) is 40.0 Å². The first-order valence-corrected chi connectivity index (χ1v) is 6.02.